The van der Waals surface area contributed by atoms with Crippen LogP contribution in [-0.2, 0) is 13.6 Å². The lowest BCUT2D eigenvalue weighted by Crippen LogP contribution is -2.38. The van der Waals surface area contributed by atoms with Crippen molar-refractivity contribution in [2.24, 2.45) is 0 Å². The zero-order valence-electron chi connectivity index (χ0n) is 12.9. The van der Waals surface area contributed by atoms with E-state index in [4.69, 9.17) is 19.6 Å². The smallest absolute Gasteiger partial charge is 0.336 e. The molecule has 0 unspecified atom stereocenters. The van der Waals surface area contributed by atoms with Crippen LogP contribution in [0.25, 0.3) is 0 Å². The molecule has 0 atom stereocenters. The third kappa shape index (κ3) is 4.65. The molecular formula is C13H22N3O3P. The average molecular weight is 299 g/mol. The van der Waals surface area contributed by atoms with E-state index in [1.807, 2.05) is 44.7 Å². The van der Waals surface area contributed by atoms with Crippen molar-refractivity contribution in [2.45, 2.75) is 39.8 Å². The molecule has 0 aromatic carbocycles. The van der Waals surface area contributed by atoms with E-state index in [1.165, 1.54) is 14.2 Å². The van der Waals surface area contributed by atoms with Crippen LogP contribution in [0.15, 0.2) is 11.3 Å². The van der Waals surface area contributed by atoms with Gasteiger partial charge in [0.15, 0.2) is 0 Å². The van der Waals surface area contributed by atoms with Crippen LogP contribution in [0.2, 0.25) is 0 Å². The van der Waals surface area contributed by atoms with Crippen LogP contribution >= 0.6 is 7.60 Å². The van der Waals surface area contributed by atoms with Crippen molar-refractivity contribution in [3.8, 4) is 12.1 Å². The molecule has 0 saturated carbocycles. The van der Waals surface area contributed by atoms with Crippen molar-refractivity contribution in [1.82, 2.24) is 4.90 Å². The topological polar surface area (TPSA) is 86.3 Å². The molecule has 112 valence electrons. The molecule has 0 aliphatic carbocycles. The van der Waals surface area contributed by atoms with E-state index in [0.717, 1.165) is 0 Å². The van der Waals surface area contributed by atoms with Crippen molar-refractivity contribution >= 4 is 7.60 Å². The summed E-state index contributed by atoms with van der Waals surface area (Å²) in [4.78, 5) is 1.88. The third-order valence-electron chi connectivity index (χ3n) is 2.84. The molecule has 0 bridgehead atoms. The molecule has 0 amide bonds. The van der Waals surface area contributed by atoms with Gasteiger partial charge in [-0.05, 0) is 27.7 Å². The largest absolute Gasteiger partial charge is 0.368 e. The fourth-order valence-electron chi connectivity index (χ4n) is 2.05. The summed E-state index contributed by atoms with van der Waals surface area (Å²) in [5.74, 6) is 0. The van der Waals surface area contributed by atoms with Gasteiger partial charge in [-0.1, -0.05) is 0 Å². The molecule has 0 saturated heterocycles. The van der Waals surface area contributed by atoms with Crippen molar-refractivity contribution in [1.29, 1.82) is 10.5 Å². The molecule has 0 N–H and O–H groups in total. The number of hydrogen-bond donors (Lipinski definition) is 0. The first-order valence-electron chi connectivity index (χ1n) is 6.28. The highest BCUT2D eigenvalue weighted by atomic mass is 31.2. The van der Waals surface area contributed by atoms with Gasteiger partial charge in [-0.25, -0.2) is 0 Å². The summed E-state index contributed by atoms with van der Waals surface area (Å²) in [6.07, 6.45) is -0.104. The maximum atomic E-state index is 12.3. The minimum atomic E-state index is -3.35. The highest BCUT2D eigenvalue weighted by Crippen LogP contribution is 2.49. The molecule has 0 rings (SSSR count). The van der Waals surface area contributed by atoms with Crippen LogP contribution < -0.4 is 0 Å². The fourth-order valence-corrected chi connectivity index (χ4v) is 3.15. The van der Waals surface area contributed by atoms with Gasteiger partial charge in [0.05, 0.1) is 11.9 Å². The maximum Gasteiger partial charge on any atom is 0.336 e. The lowest BCUT2D eigenvalue weighted by Gasteiger charge is -2.36. The molecule has 0 aliphatic heterocycles. The Morgan fingerprint density at radius 1 is 1.10 bits per heavy atom. The first-order chi connectivity index (χ1) is 9.26. The van der Waals surface area contributed by atoms with Gasteiger partial charge in [-0.2, -0.15) is 10.5 Å². The summed E-state index contributed by atoms with van der Waals surface area (Å²) < 4.78 is 22.2. The van der Waals surface area contributed by atoms with Gasteiger partial charge in [0, 0.05) is 26.3 Å². The second kappa shape index (κ2) is 8.07. The van der Waals surface area contributed by atoms with Crippen LogP contribution in [0.4, 0.5) is 0 Å². The highest BCUT2D eigenvalue weighted by molar-refractivity contribution is 7.54. The van der Waals surface area contributed by atoms with E-state index in [2.05, 4.69) is 0 Å². The van der Waals surface area contributed by atoms with Crippen molar-refractivity contribution in [3.05, 3.63) is 11.3 Å². The SMILES string of the molecule is COP(=O)(CC(=C(C#N)C#N)N(C(C)C)C(C)C)OC. The van der Waals surface area contributed by atoms with Crippen LogP contribution in [-0.4, -0.2) is 37.4 Å². The molecule has 0 spiro atoms. The number of allylic oxidation sites excluding steroid dienone is 2. The quantitative estimate of drug-likeness (QED) is 0.530. The van der Waals surface area contributed by atoms with Crippen LogP contribution in [0.1, 0.15) is 27.7 Å². The molecule has 0 radical (unpaired) electrons. The summed E-state index contributed by atoms with van der Waals surface area (Å²) in [7, 11) is -0.778. The Morgan fingerprint density at radius 3 is 1.75 bits per heavy atom. The Kier molecular flexibility index (Phi) is 7.53. The number of hydrogen-bond acceptors (Lipinski definition) is 6. The molecular weight excluding hydrogens is 277 g/mol. The second-order valence-corrected chi connectivity index (χ2v) is 7.04. The van der Waals surface area contributed by atoms with E-state index in [1.54, 1.807) is 0 Å². The van der Waals surface area contributed by atoms with Gasteiger partial charge in [-0.15, -0.1) is 0 Å². The standard InChI is InChI=1S/C13H22N3O3P/c1-10(2)16(11(3)4)13(12(7-14)8-15)9-20(17,18-5)19-6/h10-11H,9H2,1-6H3. The predicted octanol–water partition coefficient (Wildman–Crippen LogP) is 2.89. The van der Waals surface area contributed by atoms with Gasteiger partial charge < -0.3 is 13.9 Å². The zero-order valence-corrected chi connectivity index (χ0v) is 13.8. The predicted molar refractivity (Wildman–Crippen MR) is 76.9 cm³/mol. The van der Waals surface area contributed by atoms with Gasteiger partial charge in [0.25, 0.3) is 0 Å². The summed E-state index contributed by atoms with van der Waals surface area (Å²) in [6.45, 7) is 7.77. The van der Waals surface area contributed by atoms with Crippen molar-refractivity contribution in [2.75, 3.05) is 20.4 Å². The third-order valence-corrected chi connectivity index (χ3v) is 4.64. The lowest BCUT2D eigenvalue weighted by atomic mass is 10.1. The van der Waals surface area contributed by atoms with Crippen molar-refractivity contribution < 1.29 is 13.6 Å². The minimum absolute atomic E-state index is 0.0452. The van der Waals surface area contributed by atoms with E-state index in [-0.39, 0.29) is 23.8 Å². The molecule has 20 heavy (non-hydrogen) atoms. The molecule has 7 heteroatoms. The molecule has 6 nitrogen and oxygen atoms in total. The molecule has 0 aromatic heterocycles. The summed E-state index contributed by atoms with van der Waals surface area (Å²) in [6, 6.07) is 3.81. The molecule has 0 heterocycles. The Hall–Kier alpha value is -1.33. The zero-order chi connectivity index (χ0) is 15.9. The van der Waals surface area contributed by atoms with Gasteiger partial charge >= 0.3 is 7.60 Å². The Balaban J connectivity index is 5.90. The van der Waals surface area contributed by atoms with Gasteiger partial charge in [-0.3, -0.25) is 4.57 Å². The Labute approximate surface area is 121 Å². The van der Waals surface area contributed by atoms with Gasteiger partial charge in [0.2, 0.25) is 0 Å². The normalized spacial score (nSPS) is 11.1. The first-order valence-corrected chi connectivity index (χ1v) is 8.01. The number of rotatable bonds is 7. The first kappa shape index (κ1) is 18.7. The summed E-state index contributed by atoms with van der Waals surface area (Å²) in [5.41, 5.74) is 0.328. The maximum absolute atomic E-state index is 12.3. The van der Waals surface area contributed by atoms with Gasteiger partial charge in [0.1, 0.15) is 17.7 Å². The van der Waals surface area contributed by atoms with E-state index < -0.39 is 7.60 Å². The fraction of sp³-hybridized carbons (Fsp3) is 0.692. The second-order valence-electron chi connectivity index (χ2n) is 4.77. The van der Waals surface area contributed by atoms with Crippen LogP contribution in [0, 0.1) is 22.7 Å². The molecule has 0 aromatic rings. The average Bonchev–Trinajstić information content (AvgIpc) is 2.39. The van der Waals surface area contributed by atoms with Crippen LogP contribution in [0.3, 0.4) is 0 Å². The Bertz CT molecular complexity index is 454. The number of nitriles is 2. The van der Waals surface area contributed by atoms with Crippen LogP contribution in [0.5, 0.6) is 0 Å². The highest BCUT2D eigenvalue weighted by Gasteiger charge is 2.30. The Morgan fingerprint density at radius 2 is 1.50 bits per heavy atom. The summed E-state index contributed by atoms with van der Waals surface area (Å²) in [5, 5.41) is 18.2. The number of nitrogens with zero attached hydrogens (tertiary/aromatic N) is 3. The monoisotopic (exact) mass is 299 g/mol. The molecule has 0 fully saturated rings. The van der Waals surface area contributed by atoms with E-state index in [9.17, 15) is 4.57 Å². The van der Waals surface area contributed by atoms with E-state index in [0.29, 0.717) is 5.70 Å². The van der Waals surface area contributed by atoms with Crippen molar-refractivity contribution in [3.63, 3.8) is 0 Å². The summed E-state index contributed by atoms with van der Waals surface area (Å²) >= 11 is 0. The lowest BCUT2D eigenvalue weighted by molar-refractivity contribution is 0.223. The molecule has 0 aliphatic rings. The minimum Gasteiger partial charge on any atom is -0.368 e. The van der Waals surface area contributed by atoms with E-state index >= 15 is 0 Å².